The maximum atomic E-state index is 12.6. The number of hydrogen-bond acceptors (Lipinski definition) is 9. The van der Waals surface area contributed by atoms with Crippen molar-refractivity contribution in [2.75, 3.05) is 26.4 Å². The van der Waals surface area contributed by atoms with Crippen molar-refractivity contribution in [2.45, 2.75) is 219 Å². The van der Waals surface area contributed by atoms with Crippen molar-refractivity contribution in [3.05, 3.63) is 60.8 Å². The highest BCUT2D eigenvalue weighted by atomic mass is 31.2. The lowest BCUT2D eigenvalue weighted by Gasteiger charge is -2.20. The van der Waals surface area contributed by atoms with Gasteiger partial charge in [0.1, 0.15) is 12.7 Å². The van der Waals surface area contributed by atoms with Crippen LogP contribution in [0.1, 0.15) is 206 Å². The molecule has 0 amide bonds. The summed E-state index contributed by atoms with van der Waals surface area (Å²) in [4.78, 5) is 35.1. The largest absolute Gasteiger partial charge is 0.472 e. The fraction of sp³-hybridized carbons (Fsp3) is 0.760. The first kappa shape index (κ1) is 58.7. The standard InChI is InChI=1S/C50H89O10P/c1-3-5-7-9-11-13-15-17-19-21-22-23-24-26-27-29-31-33-35-37-39-41-49(53)57-45-48(46-59-61(55,56)58-44-47(52)43-51)60-50(54)42-40-38-36-34-32-30-28-25-20-18-16-14-12-10-8-6-4-2/h6,8,12,14,18,20,28,30,34,36,47-48,51-52H,3-5,7,9-11,13,15-17,19,21-27,29,31-33,35,37-46H2,1-2H3,(H,55,56)/b8-6+,14-12+,20-18+,30-28+,36-34+/t47-,48+/m0/s1. The van der Waals surface area contributed by atoms with Gasteiger partial charge in [0, 0.05) is 12.8 Å². The molecule has 0 aliphatic heterocycles. The van der Waals surface area contributed by atoms with Gasteiger partial charge >= 0.3 is 19.8 Å². The van der Waals surface area contributed by atoms with Crippen LogP contribution < -0.4 is 0 Å². The molecule has 0 saturated heterocycles. The third-order valence-electron chi connectivity index (χ3n) is 10.2. The minimum atomic E-state index is -4.64. The predicted octanol–water partition coefficient (Wildman–Crippen LogP) is 13.5. The Bertz CT molecular complexity index is 1200. The highest BCUT2D eigenvalue weighted by Crippen LogP contribution is 2.43. The molecular formula is C50H89O10P. The molecule has 3 atom stereocenters. The SMILES string of the molecule is CC/C=C/C/C=C/C/C=C/C/C=C/C/C=C/CCCC(=O)O[C@H](COC(=O)CCCCCCCCCCCCCCCCCCCCCCC)COP(=O)(O)OC[C@@H](O)CO. The zero-order chi connectivity index (χ0) is 44.8. The molecule has 0 heterocycles. The van der Waals surface area contributed by atoms with E-state index in [-0.39, 0.29) is 19.4 Å². The Balaban J connectivity index is 4.26. The lowest BCUT2D eigenvalue weighted by molar-refractivity contribution is -0.161. The predicted molar refractivity (Wildman–Crippen MR) is 251 cm³/mol. The summed E-state index contributed by atoms with van der Waals surface area (Å²) in [5.41, 5.74) is 0. The van der Waals surface area contributed by atoms with Gasteiger partial charge in [-0.2, -0.15) is 0 Å². The minimum absolute atomic E-state index is 0.105. The van der Waals surface area contributed by atoms with Gasteiger partial charge in [0.2, 0.25) is 0 Å². The van der Waals surface area contributed by atoms with Gasteiger partial charge < -0.3 is 24.6 Å². The number of ether oxygens (including phenoxy) is 2. The van der Waals surface area contributed by atoms with Gasteiger partial charge in [0.25, 0.3) is 0 Å². The van der Waals surface area contributed by atoms with Crippen molar-refractivity contribution in [1.29, 1.82) is 0 Å². The van der Waals surface area contributed by atoms with Crippen LogP contribution in [0.5, 0.6) is 0 Å². The highest BCUT2D eigenvalue weighted by molar-refractivity contribution is 7.47. The molecule has 10 nitrogen and oxygen atoms in total. The summed E-state index contributed by atoms with van der Waals surface area (Å²) in [5.74, 6) is -0.988. The molecule has 0 aliphatic rings. The number of aliphatic hydroxyl groups is 2. The molecule has 0 aliphatic carbocycles. The second-order valence-electron chi connectivity index (χ2n) is 16.1. The fourth-order valence-electron chi connectivity index (χ4n) is 6.50. The molecule has 0 fully saturated rings. The van der Waals surface area contributed by atoms with Gasteiger partial charge in [0.05, 0.1) is 19.8 Å². The summed E-state index contributed by atoms with van der Waals surface area (Å²) in [6.45, 7) is 2.22. The summed E-state index contributed by atoms with van der Waals surface area (Å²) < 4.78 is 32.7. The van der Waals surface area contributed by atoms with E-state index in [2.05, 4.69) is 62.5 Å². The lowest BCUT2D eigenvalue weighted by Crippen LogP contribution is -2.29. The van der Waals surface area contributed by atoms with Crippen LogP contribution in [-0.2, 0) is 32.7 Å². The minimum Gasteiger partial charge on any atom is -0.462 e. The van der Waals surface area contributed by atoms with Gasteiger partial charge in [-0.05, 0) is 51.4 Å². The quantitative estimate of drug-likeness (QED) is 0.0233. The molecule has 354 valence electrons. The Labute approximate surface area is 372 Å². The average Bonchev–Trinajstić information content (AvgIpc) is 3.25. The molecule has 0 saturated carbocycles. The summed E-state index contributed by atoms with van der Waals surface area (Å²) >= 11 is 0. The van der Waals surface area contributed by atoms with Gasteiger partial charge in [0.15, 0.2) is 6.10 Å². The smallest absolute Gasteiger partial charge is 0.462 e. The highest BCUT2D eigenvalue weighted by Gasteiger charge is 2.27. The monoisotopic (exact) mass is 881 g/mol. The maximum Gasteiger partial charge on any atom is 0.472 e. The van der Waals surface area contributed by atoms with Gasteiger partial charge in [-0.3, -0.25) is 18.6 Å². The van der Waals surface area contributed by atoms with Crippen molar-refractivity contribution in [3.8, 4) is 0 Å². The van der Waals surface area contributed by atoms with Gasteiger partial charge in [-0.25, -0.2) is 4.57 Å². The fourth-order valence-corrected chi connectivity index (χ4v) is 7.29. The number of phosphoric ester groups is 1. The van der Waals surface area contributed by atoms with Crippen LogP contribution in [0.3, 0.4) is 0 Å². The van der Waals surface area contributed by atoms with Crippen molar-refractivity contribution in [2.24, 2.45) is 0 Å². The number of carbonyl (C=O) groups is 2. The van der Waals surface area contributed by atoms with E-state index in [4.69, 9.17) is 23.6 Å². The molecule has 0 aromatic heterocycles. The number of allylic oxidation sites excluding steroid dienone is 10. The van der Waals surface area contributed by atoms with Crippen LogP contribution in [-0.4, -0.2) is 65.7 Å². The van der Waals surface area contributed by atoms with Crippen LogP contribution in [0.25, 0.3) is 0 Å². The molecule has 11 heteroatoms. The first-order chi connectivity index (χ1) is 29.7. The number of aliphatic hydroxyl groups excluding tert-OH is 2. The zero-order valence-electron chi connectivity index (χ0n) is 38.6. The lowest BCUT2D eigenvalue weighted by atomic mass is 10.0. The van der Waals surface area contributed by atoms with E-state index < -0.39 is 51.8 Å². The maximum absolute atomic E-state index is 12.6. The third kappa shape index (κ3) is 45.5. The van der Waals surface area contributed by atoms with E-state index in [9.17, 15) is 24.2 Å². The van der Waals surface area contributed by atoms with Crippen LogP contribution in [0.15, 0.2) is 60.8 Å². The summed E-state index contributed by atoms with van der Waals surface area (Å²) in [6, 6.07) is 0. The first-order valence-electron chi connectivity index (χ1n) is 24.2. The second kappa shape index (κ2) is 45.7. The molecule has 0 rings (SSSR count). The van der Waals surface area contributed by atoms with Crippen LogP contribution >= 0.6 is 7.82 Å². The van der Waals surface area contributed by atoms with E-state index in [0.29, 0.717) is 19.3 Å². The Morgan fingerprint density at radius 3 is 1.34 bits per heavy atom. The second-order valence-corrected chi connectivity index (χ2v) is 17.6. The van der Waals surface area contributed by atoms with Crippen molar-refractivity contribution >= 4 is 19.8 Å². The molecule has 61 heavy (non-hydrogen) atoms. The Kier molecular flexibility index (Phi) is 43.9. The van der Waals surface area contributed by atoms with Crippen molar-refractivity contribution < 1.29 is 47.8 Å². The third-order valence-corrected chi connectivity index (χ3v) is 11.1. The van der Waals surface area contributed by atoms with Crippen molar-refractivity contribution in [1.82, 2.24) is 0 Å². The van der Waals surface area contributed by atoms with Crippen LogP contribution in [0, 0.1) is 0 Å². The molecule has 0 aromatic carbocycles. The topological polar surface area (TPSA) is 149 Å². The number of esters is 2. The summed E-state index contributed by atoms with van der Waals surface area (Å²) in [6.07, 6.45) is 52.0. The molecule has 0 aromatic rings. The van der Waals surface area contributed by atoms with E-state index >= 15 is 0 Å². The van der Waals surface area contributed by atoms with Crippen LogP contribution in [0.2, 0.25) is 0 Å². The van der Waals surface area contributed by atoms with Gasteiger partial charge in [-0.15, -0.1) is 0 Å². The molecule has 0 bridgehead atoms. The molecule has 0 radical (unpaired) electrons. The molecule has 0 spiro atoms. The normalized spacial score (nSPS) is 14.2. The zero-order valence-corrected chi connectivity index (χ0v) is 39.5. The van der Waals surface area contributed by atoms with Gasteiger partial charge in [-0.1, -0.05) is 203 Å². The number of phosphoric acid groups is 1. The number of unbranched alkanes of at least 4 members (excludes halogenated alkanes) is 21. The average molecular weight is 881 g/mol. The van der Waals surface area contributed by atoms with E-state index in [0.717, 1.165) is 51.4 Å². The Morgan fingerprint density at radius 1 is 0.508 bits per heavy atom. The summed E-state index contributed by atoms with van der Waals surface area (Å²) in [5, 5.41) is 18.4. The number of hydrogen-bond donors (Lipinski definition) is 3. The molecule has 3 N–H and O–H groups in total. The van der Waals surface area contributed by atoms with Crippen LogP contribution in [0.4, 0.5) is 0 Å². The number of rotatable bonds is 45. The summed E-state index contributed by atoms with van der Waals surface area (Å²) in [7, 11) is -4.64. The molecule has 1 unspecified atom stereocenters. The van der Waals surface area contributed by atoms with E-state index in [1.807, 2.05) is 12.2 Å². The Morgan fingerprint density at radius 2 is 0.902 bits per heavy atom. The van der Waals surface area contributed by atoms with Crippen molar-refractivity contribution in [3.63, 3.8) is 0 Å². The first-order valence-corrected chi connectivity index (χ1v) is 25.7. The van der Waals surface area contributed by atoms with E-state index in [1.54, 1.807) is 0 Å². The molecular weight excluding hydrogens is 792 g/mol. The number of carbonyl (C=O) groups excluding carboxylic acids is 2. The Hall–Kier alpha value is -2.33. The van der Waals surface area contributed by atoms with E-state index in [1.165, 1.54) is 109 Å².